The summed E-state index contributed by atoms with van der Waals surface area (Å²) in [5, 5.41) is 18.7. The second-order valence-corrected chi connectivity index (χ2v) is 14.6. The van der Waals surface area contributed by atoms with E-state index < -0.39 is 15.8 Å². The summed E-state index contributed by atoms with van der Waals surface area (Å²) in [5.41, 5.74) is 4.13. The van der Waals surface area contributed by atoms with E-state index in [2.05, 4.69) is 158 Å². The van der Waals surface area contributed by atoms with Crippen molar-refractivity contribution in [3.05, 3.63) is 168 Å². The Morgan fingerprint density at radius 1 is 0.293 bits per heavy atom. The van der Waals surface area contributed by atoms with E-state index in [0.717, 1.165) is 22.7 Å². The van der Waals surface area contributed by atoms with Crippen molar-refractivity contribution >= 4 is 70.4 Å². The summed E-state index contributed by atoms with van der Waals surface area (Å²) in [6.45, 7) is 0. The summed E-state index contributed by atoms with van der Waals surface area (Å²) >= 11 is 0. The van der Waals surface area contributed by atoms with Gasteiger partial charge in [-0.15, -0.1) is 0 Å². The Morgan fingerprint density at radius 3 is 0.829 bits per heavy atom. The minimum atomic E-state index is -1.41. The summed E-state index contributed by atoms with van der Waals surface area (Å²) in [4.78, 5) is 0. The zero-order valence-corrected chi connectivity index (χ0v) is 26.4. The van der Waals surface area contributed by atoms with Crippen molar-refractivity contribution in [3.63, 3.8) is 0 Å². The van der Waals surface area contributed by atoms with Crippen LogP contribution in [0.4, 0.5) is 22.7 Å². The fraction of sp³-hybridized carbons (Fsp3) is 0. The molecule has 6 aromatic carbocycles. The maximum Gasteiger partial charge on any atom is 0.102 e. The van der Waals surface area contributed by atoms with Gasteiger partial charge in [-0.05, 0) is 48.5 Å². The van der Waals surface area contributed by atoms with Gasteiger partial charge in [-0.3, -0.25) is 0 Å². The molecule has 0 amide bonds. The normalized spacial score (nSPS) is 15.5. The maximum atomic E-state index is 5.45. The van der Waals surface area contributed by atoms with Crippen LogP contribution in [0.5, 0.6) is 0 Å². The van der Waals surface area contributed by atoms with Crippen molar-refractivity contribution in [2.24, 2.45) is 0 Å². The molecule has 1 heterocycles. The third-order valence-corrected chi connectivity index (χ3v) is 13.0. The molecule has 0 aliphatic carbocycles. The number of hydrogen-bond donors (Lipinski definition) is 0. The molecular weight excluding hydrogens is 719 g/mol. The van der Waals surface area contributed by atoms with Crippen LogP contribution in [0, 0.1) is 0 Å². The van der Waals surface area contributed by atoms with Gasteiger partial charge in [0, 0.05) is 22.4 Å². The van der Waals surface area contributed by atoms with Gasteiger partial charge < -0.3 is 10.6 Å². The standard InChI is InChI=1S/C36H26N2P2.Au/c1-3-15-27(16-4-1)39-33-23-11-7-19-29(33)37-31-21-9-13-25-35(31)40(28-17-5-2-6-18-28)36-26-14-10-22-32(36)38-30-20-8-12-24-34(30)39;/h1-26H;/q-2;/p+2. The zero-order valence-electron chi connectivity index (χ0n) is 22.2. The van der Waals surface area contributed by atoms with Crippen LogP contribution in [0.3, 0.4) is 0 Å². The smallest absolute Gasteiger partial charge is 0.102 e. The number of benzene rings is 6. The minimum Gasteiger partial charge on any atom is -0.651 e. The summed E-state index contributed by atoms with van der Waals surface area (Å²) < 4.78 is 0. The number of para-hydroxylation sites is 4. The molecule has 1 aliphatic rings. The van der Waals surface area contributed by atoms with E-state index in [9.17, 15) is 0 Å². The van der Waals surface area contributed by atoms with Gasteiger partial charge in [0.2, 0.25) is 0 Å². The van der Waals surface area contributed by atoms with E-state index in [-0.39, 0.29) is 22.4 Å². The second kappa shape index (κ2) is 12.6. The van der Waals surface area contributed by atoms with Crippen molar-refractivity contribution in [2.75, 3.05) is 0 Å². The fourth-order valence-electron chi connectivity index (χ4n) is 5.51. The summed E-state index contributed by atoms with van der Waals surface area (Å²) in [5.74, 6) is 0. The van der Waals surface area contributed by atoms with Crippen LogP contribution in [0.15, 0.2) is 158 Å². The molecule has 0 aromatic heterocycles. The Labute approximate surface area is 259 Å². The summed E-state index contributed by atoms with van der Waals surface area (Å²) in [7, 11) is -2.82. The van der Waals surface area contributed by atoms with Crippen LogP contribution < -0.4 is 31.8 Å². The summed E-state index contributed by atoms with van der Waals surface area (Å²) in [6.07, 6.45) is 0. The van der Waals surface area contributed by atoms with E-state index in [1.807, 2.05) is 0 Å². The van der Waals surface area contributed by atoms with Crippen molar-refractivity contribution in [3.8, 4) is 0 Å². The van der Waals surface area contributed by atoms with Crippen molar-refractivity contribution < 1.29 is 22.4 Å². The second-order valence-electron chi connectivity index (χ2n) is 9.77. The van der Waals surface area contributed by atoms with Gasteiger partial charge in [0.15, 0.2) is 0 Å². The number of hydrogen-bond acceptors (Lipinski definition) is 0. The van der Waals surface area contributed by atoms with E-state index in [4.69, 9.17) is 10.6 Å². The van der Waals surface area contributed by atoms with Crippen LogP contribution in [0.2, 0.25) is 0 Å². The minimum absolute atomic E-state index is 0. The quantitative estimate of drug-likeness (QED) is 0.129. The van der Waals surface area contributed by atoms with Gasteiger partial charge in [-0.1, -0.05) is 132 Å². The van der Waals surface area contributed by atoms with E-state index in [0.29, 0.717) is 0 Å². The first-order chi connectivity index (χ1) is 19.9. The Hall–Kier alpha value is -3.48. The predicted octanol–water partition coefficient (Wildman–Crippen LogP) is 7.65. The van der Waals surface area contributed by atoms with Gasteiger partial charge >= 0.3 is 0 Å². The number of fused-ring (bicyclic) bond motifs is 4. The van der Waals surface area contributed by atoms with Gasteiger partial charge in [0.05, 0.1) is 37.1 Å². The molecule has 0 saturated carbocycles. The third-order valence-electron chi connectivity index (χ3n) is 7.30. The molecule has 0 N–H and O–H groups in total. The molecule has 1 aliphatic heterocycles. The topological polar surface area (TPSA) is 28.2 Å². The van der Waals surface area contributed by atoms with Crippen LogP contribution in [-0.4, -0.2) is 0 Å². The third kappa shape index (κ3) is 5.55. The van der Waals surface area contributed by atoms with Gasteiger partial charge in [-0.2, -0.15) is 0 Å². The average Bonchev–Trinajstić information content (AvgIpc) is 3.01. The molecule has 0 fully saturated rings. The van der Waals surface area contributed by atoms with Crippen LogP contribution in [-0.2, 0) is 22.4 Å². The van der Waals surface area contributed by atoms with Gasteiger partial charge in [0.25, 0.3) is 0 Å². The molecule has 1 radical (unpaired) electrons. The fourth-order valence-corrected chi connectivity index (χ4v) is 11.0. The molecule has 41 heavy (non-hydrogen) atoms. The van der Waals surface area contributed by atoms with Crippen LogP contribution in [0.25, 0.3) is 10.6 Å². The predicted molar refractivity (Wildman–Crippen MR) is 178 cm³/mol. The van der Waals surface area contributed by atoms with Crippen LogP contribution in [0.1, 0.15) is 0 Å². The molecule has 7 rings (SSSR count). The first-order valence-corrected chi connectivity index (χ1v) is 16.5. The van der Waals surface area contributed by atoms with Gasteiger partial charge in [0.1, 0.15) is 10.6 Å². The molecule has 0 saturated heterocycles. The Morgan fingerprint density at radius 2 is 0.537 bits per heavy atom. The Kier molecular flexibility index (Phi) is 8.49. The van der Waals surface area contributed by atoms with Crippen molar-refractivity contribution in [2.45, 2.75) is 0 Å². The molecular formula is C36H28AuN2P2. The van der Waals surface area contributed by atoms with E-state index in [1.165, 1.54) is 31.8 Å². The van der Waals surface area contributed by atoms with E-state index in [1.54, 1.807) is 0 Å². The van der Waals surface area contributed by atoms with Gasteiger partial charge in [-0.25, -0.2) is 0 Å². The summed E-state index contributed by atoms with van der Waals surface area (Å²) in [6, 6.07) is 56.5. The first-order valence-electron chi connectivity index (χ1n) is 13.5. The molecule has 2 nitrogen and oxygen atoms in total. The Balaban J connectivity index is 0.00000302. The zero-order chi connectivity index (χ0) is 26.7. The SMILES string of the molecule is [Au].c1ccc([PH+]2c3ccccc3[N-]c3ccccc3[PH+](c3ccccc3)c3ccccc3[N-]c3ccccc32)cc1. The monoisotopic (exact) mass is 747 g/mol. The first kappa shape index (κ1) is 27.7. The molecule has 0 unspecified atom stereocenters. The number of rotatable bonds is 2. The van der Waals surface area contributed by atoms with Crippen molar-refractivity contribution in [1.29, 1.82) is 0 Å². The molecule has 203 valence electrons. The molecule has 5 heteroatoms. The Bertz CT molecular complexity index is 1550. The largest absolute Gasteiger partial charge is 0.651 e. The molecule has 0 spiro atoms. The number of nitrogens with zero attached hydrogens (tertiary/aromatic N) is 2. The molecule has 6 aromatic rings. The molecule has 0 atom stereocenters. The van der Waals surface area contributed by atoms with Crippen LogP contribution >= 0.6 is 15.8 Å². The van der Waals surface area contributed by atoms with Crippen molar-refractivity contribution in [1.82, 2.24) is 0 Å². The average molecular weight is 748 g/mol. The van der Waals surface area contributed by atoms with E-state index >= 15 is 0 Å². The molecule has 0 bridgehead atoms. The maximum absolute atomic E-state index is 5.45.